The van der Waals surface area contributed by atoms with Crippen molar-refractivity contribution in [2.24, 2.45) is 0 Å². The number of halogens is 1. The van der Waals surface area contributed by atoms with Crippen molar-refractivity contribution in [2.45, 2.75) is 39.0 Å². The monoisotopic (exact) mass is 247 g/mol. The molecular formula is C9H14BrNS. The van der Waals surface area contributed by atoms with Crippen LogP contribution >= 0.6 is 27.7 Å². The molecule has 0 aromatic heterocycles. The maximum Gasteiger partial charge on any atom is 0.137 e. The summed E-state index contributed by atoms with van der Waals surface area (Å²) in [5.74, 6) is 0. The summed E-state index contributed by atoms with van der Waals surface area (Å²) in [7, 11) is 0. The summed E-state index contributed by atoms with van der Waals surface area (Å²) in [5.41, 5.74) is 0. The van der Waals surface area contributed by atoms with Crippen molar-refractivity contribution in [3.63, 3.8) is 0 Å². The minimum atomic E-state index is 1.06. The molecular weight excluding hydrogens is 234 g/mol. The molecule has 0 saturated carbocycles. The van der Waals surface area contributed by atoms with Gasteiger partial charge in [0.2, 0.25) is 0 Å². The number of nitrogens with zero attached hydrogens (tertiary/aromatic N) is 1. The molecule has 0 atom stereocenters. The van der Waals surface area contributed by atoms with E-state index >= 15 is 0 Å². The van der Waals surface area contributed by atoms with E-state index in [1.807, 2.05) is 10.8 Å². The fraction of sp³-hybridized carbons (Fsp3) is 0.667. The van der Waals surface area contributed by atoms with Gasteiger partial charge in [0.1, 0.15) is 5.40 Å². The minimum Gasteiger partial charge on any atom is -0.185 e. The number of hydrogen-bond donors (Lipinski definition) is 0. The molecule has 68 valence electrons. The molecule has 0 rings (SSSR count). The summed E-state index contributed by atoms with van der Waals surface area (Å²) in [6.45, 7) is 2.20. The number of hydrogen-bond acceptors (Lipinski definition) is 2. The molecule has 0 aromatic carbocycles. The van der Waals surface area contributed by atoms with Crippen LogP contribution in [0.5, 0.6) is 0 Å². The molecule has 0 fully saturated rings. The van der Waals surface area contributed by atoms with E-state index < -0.39 is 0 Å². The molecule has 0 heterocycles. The van der Waals surface area contributed by atoms with Crippen LogP contribution in [-0.2, 0) is 0 Å². The minimum absolute atomic E-state index is 1.06. The van der Waals surface area contributed by atoms with E-state index in [9.17, 15) is 0 Å². The molecule has 0 saturated heterocycles. The van der Waals surface area contributed by atoms with Gasteiger partial charge >= 0.3 is 0 Å². The van der Waals surface area contributed by atoms with Gasteiger partial charge in [0.25, 0.3) is 0 Å². The molecule has 0 aromatic rings. The van der Waals surface area contributed by atoms with Gasteiger partial charge in [0.15, 0.2) is 0 Å². The summed E-state index contributed by atoms with van der Waals surface area (Å²) in [6, 6.07) is 0. The molecule has 0 unspecified atom stereocenters. The van der Waals surface area contributed by atoms with Crippen LogP contribution in [0.25, 0.3) is 0 Å². The lowest BCUT2D eigenvalue weighted by atomic mass is 10.2. The van der Waals surface area contributed by atoms with E-state index in [1.54, 1.807) is 0 Å². The number of unbranched alkanes of at least 4 members (excludes halogenated alkanes) is 3. The number of rotatable bonds is 6. The Bertz CT molecular complexity index is 172. The van der Waals surface area contributed by atoms with E-state index in [0.717, 1.165) is 10.9 Å². The van der Waals surface area contributed by atoms with E-state index in [1.165, 1.54) is 37.4 Å². The van der Waals surface area contributed by atoms with Crippen molar-refractivity contribution in [3.8, 4) is 5.40 Å². The van der Waals surface area contributed by atoms with Gasteiger partial charge in [-0.3, -0.25) is 0 Å². The van der Waals surface area contributed by atoms with Gasteiger partial charge in [-0.2, -0.15) is 5.26 Å². The van der Waals surface area contributed by atoms with E-state index in [-0.39, 0.29) is 0 Å². The summed E-state index contributed by atoms with van der Waals surface area (Å²) in [4.78, 5) is 0. The Morgan fingerprint density at radius 2 is 2.25 bits per heavy atom. The van der Waals surface area contributed by atoms with Gasteiger partial charge in [-0.05, 0) is 30.0 Å². The van der Waals surface area contributed by atoms with Crippen LogP contribution in [0.3, 0.4) is 0 Å². The summed E-state index contributed by atoms with van der Waals surface area (Å²) in [5, 5.41) is 12.1. The average Bonchev–Trinajstić information content (AvgIpc) is 2.09. The zero-order valence-electron chi connectivity index (χ0n) is 7.35. The van der Waals surface area contributed by atoms with Gasteiger partial charge < -0.3 is 0 Å². The first-order valence-electron chi connectivity index (χ1n) is 4.20. The van der Waals surface area contributed by atoms with Crippen molar-refractivity contribution < 1.29 is 0 Å². The topological polar surface area (TPSA) is 23.8 Å². The number of thiocyanates is 1. The molecule has 0 aliphatic carbocycles. The Balaban J connectivity index is 3.31. The van der Waals surface area contributed by atoms with Crippen molar-refractivity contribution in [1.82, 2.24) is 0 Å². The van der Waals surface area contributed by atoms with E-state index in [2.05, 4.69) is 22.9 Å². The van der Waals surface area contributed by atoms with Gasteiger partial charge in [-0.1, -0.05) is 42.1 Å². The van der Waals surface area contributed by atoms with Crippen LogP contribution in [0.2, 0.25) is 0 Å². The van der Waals surface area contributed by atoms with E-state index in [4.69, 9.17) is 5.26 Å². The highest BCUT2D eigenvalue weighted by Crippen LogP contribution is 2.18. The molecule has 12 heavy (non-hydrogen) atoms. The molecule has 0 amide bonds. The van der Waals surface area contributed by atoms with Gasteiger partial charge in [0.05, 0.1) is 0 Å². The predicted molar refractivity (Wildman–Crippen MR) is 59.0 cm³/mol. The first kappa shape index (κ1) is 12.1. The lowest BCUT2D eigenvalue weighted by Crippen LogP contribution is -1.76. The average molecular weight is 248 g/mol. The zero-order valence-corrected chi connectivity index (χ0v) is 9.75. The predicted octanol–water partition coefficient (Wildman–Crippen LogP) is 4.41. The number of thioether (sulfide) groups is 1. The molecule has 0 aliphatic heterocycles. The maximum atomic E-state index is 8.27. The molecule has 1 nitrogen and oxygen atoms in total. The fourth-order valence-corrected chi connectivity index (χ4v) is 1.73. The van der Waals surface area contributed by atoms with E-state index in [0.29, 0.717) is 0 Å². The Morgan fingerprint density at radius 1 is 1.50 bits per heavy atom. The third-order valence-corrected chi connectivity index (χ3v) is 2.94. The lowest BCUT2D eigenvalue weighted by Gasteiger charge is -1.97. The first-order chi connectivity index (χ1) is 5.81. The second-order valence-electron chi connectivity index (χ2n) is 2.58. The van der Waals surface area contributed by atoms with Gasteiger partial charge in [-0.25, -0.2) is 0 Å². The Morgan fingerprint density at radius 3 is 2.83 bits per heavy atom. The highest BCUT2D eigenvalue weighted by molar-refractivity contribution is 9.11. The lowest BCUT2D eigenvalue weighted by molar-refractivity contribution is 0.673. The second kappa shape index (κ2) is 9.15. The molecule has 0 spiro atoms. The molecule has 0 N–H and O–H groups in total. The van der Waals surface area contributed by atoms with Gasteiger partial charge in [-0.15, -0.1) is 0 Å². The fourth-order valence-electron chi connectivity index (χ4n) is 0.870. The summed E-state index contributed by atoms with van der Waals surface area (Å²) in [6.07, 6.45) is 6.15. The highest BCUT2D eigenvalue weighted by Gasteiger charge is 1.92. The maximum absolute atomic E-state index is 8.27. The van der Waals surface area contributed by atoms with Crippen LogP contribution in [0.1, 0.15) is 39.0 Å². The Kier molecular flexibility index (Phi) is 9.20. The molecule has 0 aliphatic rings. The Hall–Kier alpha value is 0.0600. The normalized spacial score (nSPS) is 11.2. The van der Waals surface area contributed by atoms with Crippen LogP contribution < -0.4 is 0 Å². The van der Waals surface area contributed by atoms with Crippen molar-refractivity contribution in [2.75, 3.05) is 0 Å². The van der Waals surface area contributed by atoms with Crippen molar-refractivity contribution in [3.05, 3.63) is 9.89 Å². The molecule has 0 radical (unpaired) electrons. The SMILES string of the molecule is CCCCCC/C(Br)=C/SC#N. The highest BCUT2D eigenvalue weighted by atomic mass is 79.9. The second-order valence-corrected chi connectivity index (χ2v) is 4.26. The van der Waals surface area contributed by atoms with Crippen LogP contribution in [0.15, 0.2) is 9.89 Å². The summed E-state index contributed by atoms with van der Waals surface area (Å²) < 4.78 is 1.14. The summed E-state index contributed by atoms with van der Waals surface area (Å²) >= 11 is 4.60. The molecule has 3 heteroatoms. The third kappa shape index (κ3) is 8.16. The van der Waals surface area contributed by atoms with Crippen molar-refractivity contribution >= 4 is 27.7 Å². The quantitative estimate of drug-likeness (QED) is 0.513. The van der Waals surface area contributed by atoms with Crippen LogP contribution in [0.4, 0.5) is 0 Å². The third-order valence-electron chi connectivity index (χ3n) is 1.51. The van der Waals surface area contributed by atoms with Crippen molar-refractivity contribution in [1.29, 1.82) is 5.26 Å². The number of allylic oxidation sites excluding steroid dienone is 1. The van der Waals surface area contributed by atoms with Crippen LogP contribution in [-0.4, -0.2) is 0 Å². The number of nitriles is 1. The van der Waals surface area contributed by atoms with Gasteiger partial charge in [0, 0.05) is 4.48 Å². The Labute approximate surface area is 87.4 Å². The van der Waals surface area contributed by atoms with Crippen LogP contribution in [0, 0.1) is 10.7 Å². The largest absolute Gasteiger partial charge is 0.185 e. The molecule has 0 bridgehead atoms. The smallest absolute Gasteiger partial charge is 0.137 e. The first-order valence-corrected chi connectivity index (χ1v) is 5.87. The standard InChI is InChI=1S/C9H14BrNS/c1-2-3-4-5-6-9(10)7-12-8-11/h7H,2-6H2,1H3/b9-7-. The zero-order chi connectivity index (χ0) is 9.23.